The number of halogens is 1. The molecular formula is C31H32BrN5O3. The second-order valence-corrected chi connectivity index (χ2v) is 10.7. The third-order valence-corrected chi connectivity index (χ3v) is 7.59. The van der Waals surface area contributed by atoms with E-state index in [2.05, 4.69) is 55.7 Å². The largest absolute Gasteiger partial charge is 0.490 e. The van der Waals surface area contributed by atoms with Crippen LogP contribution in [0.15, 0.2) is 76.7 Å². The molecule has 5 rings (SSSR count). The van der Waals surface area contributed by atoms with Crippen LogP contribution in [0.5, 0.6) is 11.5 Å². The van der Waals surface area contributed by atoms with E-state index in [0.717, 1.165) is 27.9 Å². The number of aromatic nitrogens is 3. The molecule has 1 unspecified atom stereocenters. The summed E-state index contributed by atoms with van der Waals surface area (Å²) in [4.78, 5) is 18.2. The van der Waals surface area contributed by atoms with Crippen molar-refractivity contribution >= 4 is 33.5 Å². The molecule has 1 aromatic heterocycles. The van der Waals surface area contributed by atoms with E-state index >= 15 is 0 Å². The number of anilines is 2. The summed E-state index contributed by atoms with van der Waals surface area (Å²) in [6.07, 6.45) is 1.48. The Kier molecular flexibility index (Phi) is 7.93. The fourth-order valence-corrected chi connectivity index (χ4v) is 5.45. The van der Waals surface area contributed by atoms with Crippen LogP contribution in [0.1, 0.15) is 47.7 Å². The van der Waals surface area contributed by atoms with E-state index in [9.17, 15) is 4.79 Å². The molecule has 3 aromatic carbocycles. The van der Waals surface area contributed by atoms with Gasteiger partial charge in [0.05, 0.1) is 16.7 Å². The highest BCUT2D eigenvalue weighted by molar-refractivity contribution is 9.10. The van der Waals surface area contributed by atoms with Gasteiger partial charge in [0.15, 0.2) is 11.5 Å². The molecule has 4 aromatic rings. The van der Waals surface area contributed by atoms with Crippen LogP contribution in [0.3, 0.4) is 0 Å². The SMILES string of the molecule is CCOc1cc(C2C(C(=O)Nc3cccc(C)c3C)=C(C)Nc3ncnn32)cc(Br)c1OCc1cccc(C)c1. The molecule has 0 saturated heterocycles. The maximum atomic E-state index is 13.9. The molecule has 0 bridgehead atoms. The molecule has 0 aliphatic carbocycles. The summed E-state index contributed by atoms with van der Waals surface area (Å²) in [6, 6.07) is 17.4. The lowest BCUT2D eigenvalue weighted by Crippen LogP contribution is -2.31. The Balaban J connectivity index is 1.54. The number of nitrogens with zero attached hydrogens (tertiary/aromatic N) is 3. The van der Waals surface area contributed by atoms with E-state index in [-0.39, 0.29) is 5.91 Å². The van der Waals surface area contributed by atoms with Crippen molar-refractivity contribution in [3.8, 4) is 11.5 Å². The molecule has 9 heteroatoms. The van der Waals surface area contributed by atoms with Gasteiger partial charge in [-0.3, -0.25) is 4.79 Å². The fraction of sp³-hybridized carbons (Fsp3) is 0.258. The minimum absolute atomic E-state index is 0.223. The molecule has 0 fully saturated rings. The summed E-state index contributed by atoms with van der Waals surface area (Å²) in [6.45, 7) is 10.7. The number of carbonyl (C=O) groups is 1. The molecule has 0 radical (unpaired) electrons. The lowest BCUT2D eigenvalue weighted by Gasteiger charge is -2.29. The lowest BCUT2D eigenvalue weighted by molar-refractivity contribution is -0.113. The minimum atomic E-state index is -0.551. The second-order valence-electron chi connectivity index (χ2n) is 9.84. The fourth-order valence-electron chi connectivity index (χ4n) is 4.88. The Morgan fingerprint density at radius 1 is 1.07 bits per heavy atom. The van der Waals surface area contributed by atoms with Gasteiger partial charge in [-0.1, -0.05) is 42.0 Å². The van der Waals surface area contributed by atoms with E-state index in [1.54, 1.807) is 4.68 Å². The number of fused-ring (bicyclic) bond motifs is 1. The van der Waals surface area contributed by atoms with E-state index in [4.69, 9.17) is 9.47 Å². The first kappa shape index (κ1) is 27.5. The lowest BCUT2D eigenvalue weighted by atomic mass is 9.94. The van der Waals surface area contributed by atoms with Crippen molar-refractivity contribution in [3.63, 3.8) is 0 Å². The van der Waals surface area contributed by atoms with Crippen LogP contribution in [0, 0.1) is 20.8 Å². The number of rotatable bonds is 8. The van der Waals surface area contributed by atoms with Crippen LogP contribution in [0.25, 0.3) is 0 Å². The van der Waals surface area contributed by atoms with E-state index in [1.807, 2.05) is 70.2 Å². The van der Waals surface area contributed by atoms with Crippen LogP contribution in [0.2, 0.25) is 0 Å². The Morgan fingerprint density at radius 3 is 2.65 bits per heavy atom. The van der Waals surface area contributed by atoms with Crippen molar-refractivity contribution in [1.82, 2.24) is 14.8 Å². The number of nitrogens with one attached hydrogen (secondary N) is 2. The smallest absolute Gasteiger partial charge is 0.255 e. The van der Waals surface area contributed by atoms with Crippen LogP contribution in [0.4, 0.5) is 11.6 Å². The number of allylic oxidation sites excluding steroid dienone is 1. The van der Waals surface area contributed by atoms with Crippen LogP contribution >= 0.6 is 15.9 Å². The number of aryl methyl sites for hydroxylation is 2. The van der Waals surface area contributed by atoms with Gasteiger partial charge in [0.25, 0.3) is 5.91 Å². The zero-order chi connectivity index (χ0) is 28.4. The van der Waals surface area contributed by atoms with Crippen molar-refractivity contribution in [3.05, 3.63) is 104 Å². The zero-order valence-electron chi connectivity index (χ0n) is 23.2. The average Bonchev–Trinajstić information content (AvgIpc) is 3.38. The third kappa shape index (κ3) is 5.47. The topological polar surface area (TPSA) is 90.3 Å². The van der Waals surface area contributed by atoms with Crippen molar-refractivity contribution in [2.45, 2.75) is 47.3 Å². The first-order chi connectivity index (χ1) is 19.3. The average molecular weight is 603 g/mol. The first-order valence-electron chi connectivity index (χ1n) is 13.2. The molecule has 8 nitrogen and oxygen atoms in total. The summed E-state index contributed by atoms with van der Waals surface area (Å²) in [5.41, 5.74) is 7.15. The predicted octanol–water partition coefficient (Wildman–Crippen LogP) is 6.87. The van der Waals surface area contributed by atoms with E-state index in [1.165, 1.54) is 11.9 Å². The molecule has 0 saturated carbocycles. The van der Waals surface area contributed by atoms with E-state index < -0.39 is 6.04 Å². The molecule has 1 aliphatic rings. The van der Waals surface area contributed by atoms with Crippen molar-refractivity contribution in [1.29, 1.82) is 0 Å². The number of amides is 1. The molecule has 2 N–H and O–H groups in total. The van der Waals surface area contributed by atoms with Crippen molar-refractivity contribution in [2.24, 2.45) is 0 Å². The summed E-state index contributed by atoms with van der Waals surface area (Å²) < 4.78 is 14.7. The highest BCUT2D eigenvalue weighted by atomic mass is 79.9. The third-order valence-electron chi connectivity index (χ3n) is 7.00. The van der Waals surface area contributed by atoms with Gasteiger partial charge >= 0.3 is 0 Å². The monoisotopic (exact) mass is 601 g/mol. The standard InChI is InChI=1S/C31H32BrN5O3/c1-6-39-26-15-23(14-24(32)29(26)40-16-22-11-7-9-18(2)13-22)28-27(21(5)35-31-33-17-34-37(28)31)30(38)36-25-12-8-10-19(3)20(25)4/h7-15,17,28H,6,16H2,1-5H3,(H,36,38)(H,33,34,35). The highest BCUT2D eigenvalue weighted by Crippen LogP contribution is 2.43. The summed E-state index contributed by atoms with van der Waals surface area (Å²) in [7, 11) is 0. The van der Waals surface area contributed by atoms with Crippen LogP contribution in [-0.2, 0) is 11.4 Å². The summed E-state index contributed by atoms with van der Waals surface area (Å²) in [5, 5.41) is 10.8. The number of ether oxygens (including phenoxy) is 2. The molecule has 2 heterocycles. The van der Waals surface area contributed by atoms with Gasteiger partial charge in [-0.15, -0.1) is 0 Å². The number of hydrogen-bond donors (Lipinski definition) is 2. The molecule has 206 valence electrons. The van der Waals surface area contributed by atoms with Gasteiger partial charge in [-0.25, -0.2) is 4.68 Å². The first-order valence-corrected chi connectivity index (χ1v) is 14.0. The molecular weight excluding hydrogens is 570 g/mol. The van der Waals surface area contributed by atoms with Crippen LogP contribution < -0.4 is 20.1 Å². The predicted molar refractivity (Wildman–Crippen MR) is 160 cm³/mol. The summed E-state index contributed by atoms with van der Waals surface area (Å²) >= 11 is 3.71. The van der Waals surface area contributed by atoms with Gasteiger partial charge in [-0.05, 0) is 91.0 Å². The quantitative estimate of drug-likeness (QED) is 0.229. The normalized spacial score (nSPS) is 14.4. The number of carbonyl (C=O) groups excluding carboxylic acids is 1. The van der Waals surface area contributed by atoms with Gasteiger partial charge in [0.2, 0.25) is 5.95 Å². The number of hydrogen-bond acceptors (Lipinski definition) is 6. The van der Waals surface area contributed by atoms with Crippen molar-refractivity contribution in [2.75, 3.05) is 17.2 Å². The van der Waals surface area contributed by atoms with Gasteiger partial charge in [0, 0.05) is 11.4 Å². The van der Waals surface area contributed by atoms with Gasteiger partial charge in [-0.2, -0.15) is 10.1 Å². The van der Waals surface area contributed by atoms with Gasteiger partial charge in [0.1, 0.15) is 19.0 Å². The maximum Gasteiger partial charge on any atom is 0.255 e. The van der Waals surface area contributed by atoms with Crippen molar-refractivity contribution < 1.29 is 14.3 Å². The molecule has 40 heavy (non-hydrogen) atoms. The maximum absolute atomic E-state index is 13.9. The number of benzene rings is 3. The Labute approximate surface area is 242 Å². The van der Waals surface area contributed by atoms with Gasteiger partial charge < -0.3 is 20.1 Å². The Hall–Kier alpha value is -4.11. The molecule has 1 amide bonds. The Morgan fingerprint density at radius 2 is 1.88 bits per heavy atom. The zero-order valence-corrected chi connectivity index (χ0v) is 24.8. The molecule has 1 atom stereocenters. The second kappa shape index (κ2) is 11.6. The summed E-state index contributed by atoms with van der Waals surface area (Å²) in [5.74, 6) is 1.51. The van der Waals surface area contributed by atoms with E-state index in [0.29, 0.717) is 46.4 Å². The minimum Gasteiger partial charge on any atom is -0.490 e. The molecule has 1 aliphatic heterocycles. The highest BCUT2D eigenvalue weighted by Gasteiger charge is 2.34. The molecule has 0 spiro atoms. The Bertz CT molecular complexity index is 1610. The van der Waals surface area contributed by atoms with Crippen LogP contribution in [-0.4, -0.2) is 27.3 Å².